The summed E-state index contributed by atoms with van der Waals surface area (Å²) < 4.78 is 13.1. The Morgan fingerprint density at radius 3 is 3.00 bits per heavy atom. The van der Waals surface area contributed by atoms with E-state index >= 15 is 0 Å². The van der Waals surface area contributed by atoms with E-state index in [4.69, 9.17) is 5.26 Å². The van der Waals surface area contributed by atoms with Crippen molar-refractivity contribution in [2.24, 2.45) is 0 Å². The van der Waals surface area contributed by atoms with Crippen LogP contribution in [0.3, 0.4) is 0 Å². The molecule has 0 aliphatic carbocycles. The minimum atomic E-state index is -0.426. The van der Waals surface area contributed by atoms with Gasteiger partial charge in [0.2, 0.25) is 0 Å². The van der Waals surface area contributed by atoms with Crippen LogP contribution in [0.25, 0.3) is 0 Å². The van der Waals surface area contributed by atoms with E-state index in [0.717, 1.165) is 31.5 Å². The third kappa shape index (κ3) is 2.16. The summed E-state index contributed by atoms with van der Waals surface area (Å²) in [5.41, 5.74) is 1.22. The van der Waals surface area contributed by atoms with E-state index in [2.05, 4.69) is 5.32 Å². The molecule has 1 aromatic rings. The number of hydrogen-bond donors (Lipinski definition) is 1. The standard InChI is InChI=1S/C12H13FN2/c13-12-4-3-9(6-11(12)7-14)10-2-1-5-15-8-10/h3-4,6,10,15H,1-2,5,8H2/t10-/m0/s1. The van der Waals surface area contributed by atoms with Crippen molar-refractivity contribution in [3.8, 4) is 6.07 Å². The maximum absolute atomic E-state index is 13.1. The molecule has 1 fully saturated rings. The molecule has 0 saturated carbocycles. The maximum Gasteiger partial charge on any atom is 0.140 e. The van der Waals surface area contributed by atoms with E-state index < -0.39 is 5.82 Å². The van der Waals surface area contributed by atoms with E-state index in [9.17, 15) is 4.39 Å². The van der Waals surface area contributed by atoms with Crippen molar-refractivity contribution in [2.75, 3.05) is 13.1 Å². The minimum Gasteiger partial charge on any atom is -0.316 e. The summed E-state index contributed by atoms with van der Waals surface area (Å²) >= 11 is 0. The zero-order valence-corrected chi connectivity index (χ0v) is 8.46. The topological polar surface area (TPSA) is 35.8 Å². The van der Waals surface area contributed by atoms with Crippen molar-refractivity contribution in [1.29, 1.82) is 5.26 Å². The first-order valence-corrected chi connectivity index (χ1v) is 5.21. The Bertz CT molecular complexity index is 389. The van der Waals surface area contributed by atoms with Gasteiger partial charge in [0, 0.05) is 6.54 Å². The summed E-state index contributed by atoms with van der Waals surface area (Å²) in [6.45, 7) is 1.99. The molecule has 1 saturated heterocycles. The number of nitrogens with one attached hydrogen (secondary N) is 1. The van der Waals surface area contributed by atoms with E-state index in [0.29, 0.717) is 5.92 Å². The molecule has 0 aromatic heterocycles. The molecule has 1 aromatic carbocycles. The lowest BCUT2D eigenvalue weighted by molar-refractivity contribution is 0.461. The van der Waals surface area contributed by atoms with Crippen LogP contribution in [-0.2, 0) is 0 Å². The third-order valence-corrected chi connectivity index (χ3v) is 2.88. The SMILES string of the molecule is N#Cc1cc([C@H]2CCCNC2)ccc1F. The van der Waals surface area contributed by atoms with E-state index in [1.165, 1.54) is 6.07 Å². The maximum atomic E-state index is 13.1. The molecule has 1 aliphatic rings. The zero-order chi connectivity index (χ0) is 10.7. The van der Waals surface area contributed by atoms with Crippen LogP contribution >= 0.6 is 0 Å². The Hall–Kier alpha value is -1.40. The van der Waals surface area contributed by atoms with Crippen molar-refractivity contribution in [3.05, 3.63) is 35.1 Å². The fraction of sp³-hybridized carbons (Fsp3) is 0.417. The quantitative estimate of drug-likeness (QED) is 0.761. The average molecular weight is 204 g/mol. The second-order valence-corrected chi connectivity index (χ2v) is 3.89. The van der Waals surface area contributed by atoms with Gasteiger partial charge in [-0.05, 0) is 43.0 Å². The van der Waals surface area contributed by atoms with Gasteiger partial charge in [-0.15, -0.1) is 0 Å². The molecule has 0 unspecified atom stereocenters. The van der Waals surface area contributed by atoms with E-state index in [1.807, 2.05) is 6.07 Å². The van der Waals surface area contributed by atoms with Gasteiger partial charge in [0.25, 0.3) is 0 Å². The molecule has 0 amide bonds. The van der Waals surface area contributed by atoms with Crippen molar-refractivity contribution in [1.82, 2.24) is 5.32 Å². The fourth-order valence-electron chi connectivity index (χ4n) is 2.02. The molecular formula is C12H13FN2. The van der Waals surface area contributed by atoms with Crippen LogP contribution in [0.4, 0.5) is 4.39 Å². The van der Waals surface area contributed by atoms with Gasteiger partial charge in [-0.1, -0.05) is 6.07 Å². The molecule has 2 nitrogen and oxygen atoms in total. The number of halogens is 1. The normalized spacial score (nSPS) is 20.9. The van der Waals surface area contributed by atoms with Crippen LogP contribution in [-0.4, -0.2) is 13.1 Å². The number of benzene rings is 1. The van der Waals surface area contributed by atoms with E-state index in [-0.39, 0.29) is 5.56 Å². The first kappa shape index (κ1) is 10.1. The van der Waals surface area contributed by atoms with Gasteiger partial charge < -0.3 is 5.32 Å². The predicted octanol–water partition coefficient (Wildman–Crippen LogP) is 2.16. The van der Waals surface area contributed by atoms with Crippen molar-refractivity contribution >= 4 is 0 Å². The van der Waals surface area contributed by atoms with Crippen molar-refractivity contribution < 1.29 is 4.39 Å². The molecule has 0 spiro atoms. The predicted molar refractivity (Wildman–Crippen MR) is 56.0 cm³/mol. The Morgan fingerprint density at radius 1 is 1.47 bits per heavy atom. The highest BCUT2D eigenvalue weighted by atomic mass is 19.1. The van der Waals surface area contributed by atoms with Crippen molar-refractivity contribution in [3.63, 3.8) is 0 Å². The van der Waals surface area contributed by atoms with Crippen molar-refractivity contribution in [2.45, 2.75) is 18.8 Å². The highest BCUT2D eigenvalue weighted by Crippen LogP contribution is 2.24. The van der Waals surface area contributed by atoms with Gasteiger partial charge in [0.15, 0.2) is 0 Å². The molecule has 15 heavy (non-hydrogen) atoms. The highest BCUT2D eigenvalue weighted by Gasteiger charge is 2.16. The van der Waals surface area contributed by atoms with E-state index in [1.54, 1.807) is 12.1 Å². The summed E-state index contributed by atoms with van der Waals surface area (Å²) in [4.78, 5) is 0. The largest absolute Gasteiger partial charge is 0.316 e. The smallest absolute Gasteiger partial charge is 0.140 e. The lowest BCUT2D eigenvalue weighted by Crippen LogP contribution is -2.28. The first-order valence-electron chi connectivity index (χ1n) is 5.21. The average Bonchev–Trinajstić information content (AvgIpc) is 2.31. The van der Waals surface area contributed by atoms with Gasteiger partial charge in [0.1, 0.15) is 11.9 Å². The molecule has 0 bridgehead atoms. The number of piperidine rings is 1. The highest BCUT2D eigenvalue weighted by molar-refractivity contribution is 5.36. The molecule has 3 heteroatoms. The molecule has 1 N–H and O–H groups in total. The summed E-state index contributed by atoms with van der Waals surface area (Å²) in [5, 5.41) is 12.0. The molecule has 2 rings (SSSR count). The molecule has 1 atom stereocenters. The lowest BCUT2D eigenvalue weighted by Gasteiger charge is -2.23. The van der Waals surface area contributed by atoms with Crippen LogP contribution < -0.4 is 5.32 Å². The molecule has 1 heterocycles. The number of rotatable bonds is 1. The van der Waals surface area contributed by atoms with Gasteiger partial charge in [0.05, 0.1) is 5.56 Å². The third-order valence-electron chi connectivity index (χ3n) is 2.88. The monoisotopic (exact) mass is 204 g/mol. The number of nitriles is 1. The Labute approximate surface area is 88.7 Å². The Balaban J connectivity index is 2.25. The van der Waals surface area contributed by atoms with Crippen LogP contribution in [0.2, 0.25) is 0 Å². The van der Waals surface area contributed by atoms with Gasteiger partial charge in [-0.3, -0.25) is 0 Å². The second-order valence-electron chi connectivity index (χ2n) is 3.89. The Kier molecular flexibility index (Phi) is 2.98. The van der Waals surface area contributed by atoms with Gasteiger partial charge in [-0.2, -0.15) is 5.26 Å². The van der Waals surface area contributed by atoms with Crippen LogP contribution in [0.15, 0.2) is 18.2 Å². The second kappa shape index (κ2) is 4.41. The summed E-state index contributed by atoms with van der Waals surface area (Å²) in [7, 11) is 0. The lowest BCUT2D eigenvalue weighted by atomic mass is 9.91. The summed E-state index contributed by atoms with van der Waals surface area (Å²) in [6.07, 6.45) is 2.26. The summed E-state index contributed by atoms with van der Waals surface area (Å²) in [6, 6.07) is 6.73. The molecule has 1 aliphatic heterocycles. The molecule has 78 valence electrons. The first-order chi connectivity index (χ1) is 7.31. The molecular weight excluding hydrogens is 191 g/mol. The van der Waals surface area contributed by atoms with Crippen LogP contribution in [0.1, 0.15) is 29.9 Å². The van der Waals surface area contributed by atoms with Crippen LogP contribution in [0.5, 0.6) is 0 Å². The van der Waals surface area contributed by atoms with Gasteiger partial charge in [-0.25, -0.2) is 4.39 Å². The fourth-order valence-corrected chi connectivity index (χ4v) is 2.02. The Morgan fingerprint density at radius 2 is 2.33 bits per heavy atom. The van der Waals surface area contributed by atoms with Crippen LogP contribution in [0, 0.1) is 17.1 Å². The van der Waals surface area contributed by atoms with Gasteiger partial charge >= 0.3 is 0 Å². The zero-order valence-electron chi connectivity index (χ0n) is 8.46. The number of hydrogen-bond acceptors (Lipinski definition) is 2. The minimum absolute atomic E-state index is 0.151. The number of nitrogens with zero attached hydrogens (tertiary/aromatic N) is 1. The molecule has 0 radical (unpaired) electrons. The summed E-state index contributed by atoms with van der Waals surface area (Å²) in [5.74, 6) is -0.00327.